The Morgan fingerprint density at radius 2 is 1.72 bits per heavy atom. The number of rotatable bonds is 6. The van der Waals surface area contributed by atoms with Gasteiger partial charge in [-0.3, -0.25) is 4.79 Å². The van der Waals surface area contributed by atoms with Crippen molar-refractivity contribution in [3.05, 3.63) is 0 Å². The largest absolute Gasteiger partial charge is 0.435 e. The van der Waals surface area contributed by atoms with E-state index in [1.165, 1.54) is 32.1 Å². The number of esters is 1. The molecule has 0 aromatic carbocycles. The second-order valence-electron chi connectivity index (χ2n) is 10.7. The fourth-order valence-electron chi connectivity index (χ4n) is 5.40. The standard InChI is InChI=1S/C22H38O3/c1-7-22(5,6)20(23)25-19(13-21(2,3)4)24-18-12-14-11-17(18)16-10-8-9-15(14)16/h14-19H,7-13H2,1-6H3. The monoisotopic (exact) mass is 350 g/mol. The smallest absolute Gasteiger partial charge is 0.313 e. The lowest BCUT2D eigenvalue weighted by Gasteiger charge is -2.36. The minimum atomic E-state index is -0.440. The van der Waals surface area contributed by atoms with Crippen molar-refractivity contribution in [2.24, 2.45) is 34.5 Å². The summed E-state index contributed by atoms with van der Waals surface area (Å²) in [7, 11) is 0. The van der Waals surface area contributed by atoms with Gasteiger partial charge in [0.25, 0.3) is 0 Å². The van der Waals surface area contributed by atoms with Crippen LogP contribution in [0.25, 0.3) is 0 Å². The van der Waals surface area contributed by atoms with E-state index in [2.05, 4.69) is 20.8 Å². The first-order valence-corrected chi connectivity index (χ1v) is 10.5. The average Bonchev–Trinajstić information content (AvgIpc) is 3.17. The number of ether oxygens (including phenoxy) is 2. The Bertz CT molecular complexity index is 490. The van der Waals surface area contributed by atoms with E-state index in [1.54, 1.807) is 0 Å². The van der Waals surface area contributed by atoms with Gasteiger partial charge in [0.05, 0.1) is 11.5 Å². The summed E-state index contributed by atoms with van der Waals surface area (Å²) in [6.45, 7) is 12.5. The van der Waals surface area contributed by atoms with Crippen molar-refractivity contribution in [2.45, 2.75) is 98.9 Å². The fourth-order valence-corrected chi connectivity index (χ4v) is 5.40. The Morgan fingerprint density at radius 1 is 1.04 bits per heavy atom. The van der Waals surface area contributed by atoms with Crippen LogP contribution in [-0.4, -0.2) is 18.4 Å². The Labute approximate surface area is 154 Å². The second kappa shape index (κ2) is 6.87. The molecule has 3 aliphatic carbocycles. The zero-order valence-electron chi connectivity index (χ0n) is 17.1. The molecule has 0 radical (unpaired) electrons. The third kappa shape index (κ3) is 4.07. The van der Waals surface area contributed by atoms with Crippen LogP contribution in [0.4, 0.5) is 0 Å². The highest BCUT2D eigenvalue weighted by atomic mass is 16.7. The van der Waals surface area contributed by atoms with Crippen LogP contribution in [-0.2, 0) is 14.3 Å². The topological polar surface area (TPSA) is 35.5 Å². The summed E-state index contributed by atoms with van der Waals surface area (Å²) in [5, 5.41) is 0. The fraction of sp³-hybridized carbons (Fsp3) is 0.955. The Balaban J connectivity index is 1.65. The summed E-state index contributed by atoms with van der Waals surface area (Å²) in [6, 6.07) is 0. The molecular formula is C22H38O3. The number of hydrogen-bond acceptors (Lipinski definition) is 3. The molecule has 0 aliphatic heterocycles. The molecule has 0 heterocycles. The maximum atomic E-state index is 12.6. The Kier molecular flexibility index (Phi) is 5.27. The summed E-state index contributed by atoms with van der Waals surface area (Å²) in [4.78, 5) is 12.6. The summed E-state index contributed by atoms with van der Waals surface area (Å²) in [5.41, 5.74) is -0.362. The quantitative estimate of drug-likeness (QED) is 0.464. The lowest BCUT2D eigenvalue weighted by Crippen LogP contribution is -2.39. The van der Waals surface area contributed by atoms with E-state index in [-0.39, 0.29) is 11.4 Å². The molecule has 2 bridgehead atoms. The second-order valence-corrected chi connectivity index (χ2v) is 10.7. The molecule has 25 heavy (non-hydrogen) atoms. The highest BCUT2D eigenvalue weighted by Gasteiger charge is 2.55. The van der Waals surface area contributed by atoms with Crippen molar-refractivity contribution in [3.63, 3.8) is 0 Å². The van der Waals surface area contributed by atoms with Crippen molar-refractivity contribution in [1.82, 2.24) is 0 Å². The third-order valence-corrected chi connectivity index (χ3v) is 7.15. The van der Waals surface area contributed by atoms with Crippen molar-refractivity contribution in [1.29, 1.82) is 0 Å². The SMILES string of the molecule is CCC(C)(C)C(=O)OC(CC(C)(C)C)OC1CC2CC1C1CCCC21. The van der Waals surface area contributed by atoms with Gasteiger partial charge >= 0.3 is 5.97 Å². The number of hydrogen-bond donors (Lipinski definition) is 0. The molecule has 144 valence electrons. The molecule has 0 spiro atoms. The van der Waals surface area contributed by atoms with Gasteiger partial charge in [-0.15, -0.1) is 0 Å². The van der Waals surface area contributed by atoms with Gasteiger partial charge in [0.2, 0.25) is 6.29 Å². The maximum Gasteiger partial charge on any atom is 0.313 e. The van der Waals surface area contributed by atoms with Crippen LogP contribution in [0.3, 0.4) is 0 Å². The molecule has 3 heteroatoms. The first-order chi connectivity index (χ1) is 11.6. The first-order valence-electron chi connectivity index (χ1n) is 10.5. The molecular weight excluding hydrogens is 312 g/mol. The summed E-state index contributed by atoms with van der Waals surface area (Å²) < 4.78 is 12.4. The van der Waals surface area contributed by atoms with E-state index < -0.39 is 11.7 Å². The van der Waals surface area contributed by atoms with Crippen molar-refractivity contribution < 1.29 is 14.3 Å². The first kappa shape index (κ1) is 19.2. The minimum Gasteiger partial charge on any atom is -0.435 e. The van der Waals surface area contributed by atoms with Gasteiger partial charge in [0, 0.05) is 6.42 Å². The molecule has 0 saturated heterocycles. The Morgan fingerprint density at radius 3 is 2.36 bits per heavy atom. The number of fused-ring (bicyclic) bond motifs is 5. The summed E-state index contributed by atoms with van der Waals surface area (Å²) >= 11 is 0. The van der Waals surface area contributed by atoms with E-state index in [0.29, 0.717) is 12.0 Å². The molecule has 3 rings (SSSR count). The highest BCUT2D eigenvalue weighted by Crippen LogP contribution is 2.59. The van der Waals surface area contributed by atoms with Crippen molar-refractivity contribution in [3.8, 4) is 0 Å². The molecule has 3 saturated carbocycles. The van der Waals surface area contributed by atoms with E-state index in [4.69, 9.17) is 9.47 Å². The van der Waals surface area contributed by atoms with Gasteiger partial charge in [0.1, 0.15) is 0 Å². The lowest BCUT2D eigenvalue weighted by atomic mass is 9.80. The highest BCUT2D eigenvalue weighted by molar-refractivity contribution is 5.75. The maximum absolute atomic E-state index is 12.6. The summed E-state index contributed by atoms with van der Waals surface area (Å²) in [5.74, 6) is 3.29. The average molecular weight is 351 g/mol. The van der Waals surface area contributed by atoms with E-state index in [0.717, 1.165) is 30.6 Å². The van der Waals surface area contributed by atoms with Crippen LogP contribution in [0.1, 0.15) is 86.5 Å². The van der Waals surface area contributed by atoms with Crippen LogP contribution in [0.2, 0.25) is 0 Å². The third-order valence-electron chi connectivity index (χ3n) is 7.15. The van der Waals surface area contributed by atoms with E-state index in [9.17, 15) is 4.79 Å². The predicted molar refractivity (Wildman–Crippen MR) is 99.9 cm³/mol. The molecule has 0 amide bonds. The zero-order valence-corrected chi connectivity index (χ0v) is 17.1. The zero-order chi connectivity index (χ0) is 18.4. The van der Waals surface area contributed by atoms with Crippen LogP contribution >= 0.6 is 0 Å². The molecule has 0 aromatic rings. The van der Waals surface area contributed by atoms with Gasteiger partial charge in [0.15, 0.2) is 0 Å². The summed E-state index contributed by atoms with van der Waals surface area (Å²) in [6.07, 6.45) is 8.20. The molecule has 3 nitrogen and oxygen atoms in total. The molecule has 3 aliphatic rings. The minimum absolute atomic E-state index is 0.0782. The normalized spacial score (nSPS) is 35.7. The predicted octanol–water partition coefficient (Wildman–Crippen LogP) is 5.57. The number of carbonyl (C=O) groups is 1. The van der Waals surface area contributed by atoms with Gasteiger partial charge in [-0.1, -0.05) is 34.1 Å². The van der Waals surface area contributed by atoms with Crippen LogP contribution in [0.5, 0.6) is 0 Å². The molecule has 6 atom stereocenters. The molecule has 3 fully saturated rings. The molecule has 0 aromatic heterocycles. The van der Waals surface area contributed by atoms with Crippen LogP contribution in [0, 0.1) is 34.5 Å². The van der Waals surface area contributed by atoms with Crippen molar-refractivity contribution in [2.75, 3.05) is 0 Å². The molecule has 6 unspecified atom stereocenters. The van der Waals surface area contributed by atoms with Crippen LogP contribution < -0.4 is 0 Å². The van der Waals surface area contributed by atoms with Gasteiger partial charge in [-0.25, -0.2) is 0 Å². The Hall–Kier alpha value is -0.570. The van der Waals surface area contributed by atoms with Crippen LogP contribution in [0.15, 0.2) is 0 Å². The van der Waals surface area contributed by atoms with Gasteiger partial charge in [-0.2, -0.15) is 0 Å². The van der Waals surface area contributed by atoms with Gasteiger partial charge in [-0.05, 0) is 75.0 Å². The van der Waals surface area contributed by atoms with Gasteiger partial charge < -0.3 is 9.47 Å². The molecule has 0 N–H and O–H groups in total. The van der Waals surface area contributed by atoms with E-state index in [1.807, 2.05) is 20.8 Å². The van der Waals surface area contributed by atoms with Crippen molar-refractivity contribution >= 4 is 5.97 Å². The number of carbonyl (C=O) groups excluding carboxylic acids is 1. The lowest BCUT2D eigenvalue weighted by molar-refractivity contribution is -0.212. The van der Waals surface area contributed by atoms with E-state index >= 15 is 0 Å².